The zero-order valence-electron chi connectivity index (χ0n) is 11.1. The summed E-state index contributed by atoms with van der Waals surface area (Å²) in [7, 11) is 0. The van der Waals surface area contributed by atoms with Crippen molar-refractivity contribution in [1.29, 1.82) is 0 Å². The molecule has 0 saturated heterocycles. The highest BCUT2D eigenvalue weighted by atomic mass is 16.5. The molecule has 2 saturated carbocycles. The average Bonchev–Trinajstić information content (AvgIpc) is 2.66. The van der Waals surface area contributed by atoms with Crippen molar-refractivity contribution < 1.29 is 4.74 Å². The molecule has 2 fully saturated rings. The van der Waals surface area contributed by atoms with Gasteiger partial charge in [0.1, 0.15) is 0 Å². The molecular formula is C14H27NO. The topological polar surface area (TPSA) is 35.2 Å². The van der Waals surface area contributed by atoms with Gasteiger partial charge < -0.3 is 10.5 Å². The molecule has 0 aromatic carbocycles. The normalized spacial score (nSPS) is 33.0. The second kappa shape index (κ2) is 4.30. The predicted molar refractivity (Wildman–Crippen MR) is 67.3 cm³/mol. The van der Waals surface area contributed by atoms with Crippen molar-refractivity contribution in [3.63, 3.8) is 0 Å². The maximum Gasteiger partial charge on any atom is 0.0661 e. The van der Waals surface area contributed by atoms with Crippen LogP contribution in [0.5, 0.6) is 0 Å². The highest BCUT2D eigenvalue weighted by molar-refractivity contribution is 5.08. The summed E-state index contributed by atoms with van der Waals surface area (Å²) in [6.07, 6.45) is 8.01. The largest absolute Gasteiger partial charge is 0.377 e. The third kappa shape index (κ3) is 2.28. The smallest absolute Gasteiger partial charge is 0.0661 e. The molecule has 0 amide bonds. The van der Waals surface area contributed by atoms with Gasteiger partial charge >= 0.3 is 0 Å². The van der Waals surface area contributed by atoms with E-state index in [2.05, 4.69) is 20.8 Å². The average molecular weight is 225 g/mol. The number of nitrogens with two attached hydrogens (primary N) is 1. The van der Waals surface area contributed by atoms with Gasteiger partial charge in [-0.15, -0.1) is 0 Å². The monoisotopic (exact) mass is 225 g/mol. The van der Waals surface area contributed by atoms with E-state index < -0.39 is 0 Å². The van der Waals surface area contributed by atoms with Gasteiger partial charge in [-0.1, -0.05) is 33.6 Å². The molecule has 94 valence electrons. The van der Waals surface area contributed by atoms with Gasteiger partial charge in [-0.3, -0.25) is 0 Å². The van der Waals surface area contributed by atoms with Crippen LogP contribution in [0.15, 0.2) is 0 Å². The molecule has 2 atom stereocenters. The summed E-state index contributed by atoms with van der Waals surface area (Å²) in [4.78, 5) is 0. The molecule has 2 nitrogen and oxygen atoms in total. The zero-order chi connectivity index (χ0) is 11.8. The molecule has 2 N–H and O–H groups in total. The molecule has 0 aromatic rings. The van der Waals surface area contributed by atoms with E-state index in [1.165, 1.54) is 25.7 Å². The van der Waals surface area contributed by atoms with Crippen LogP contribution in [0.2, 0.25) is 0 Å². The first-order valence-electron chi connectivity index (χ1n) is 6.81. The molecule has 0 aromatic heterocycles. The number of ether oxygens (including phenoxy) is 1. The number of hydrogen-bond donors (Lipinski definition) is 1. The van der Waals surface area contributed by atoms with Gasteiger partial charge in [-0.05, 0) is 31.1 Å². The fourth-order valence-electron chi connectivity index (χ4n) is 3.25. The van der Waals surface area contributed by atoms with Crippen LogP contribution in [-0.4, -0.2) is 18.8 Å². The summed E-state index contributed by atoms with van der Waals surface area (Å²) in [5, 5.41) is 0. The van der Waals surface area contributed by atoms with E-state index >= 15 is 0 Å². The minimum absolute atomic E-state index is 0.373. The maximum absolute atomic E-state index is 6.19. The maximum atomic E-state index is 6.19. The quantitative estimate of drug-likeness (QED) is 0.801. The van der Waals surface area contributed by atoms with E-state index in [9.17, 15) is 0 Å². The predicted octanol–water partition coefficient (Wildman–Crippen LogP) is 3.10. The molecule has 0 aliphatic heterocycles. The van der Waals surface area contributed by atoms with Gasteiger partial charge in [-0.25, -0.2) is 0 Å². The molecule has 0 radical (unpaired) electrons. The second-order valence-electron chi connectivity index (χ2n) is 6.95. The van der Waals surface area contributed by atoms with E-state index in [0.717, 1.165) is 19.4 Å². The highest BCUT2D eigenvalue weighted by Gasteiger charge is 2.55. The SMILES string of the molecule is CC(C)(C)CCOC1CC(N)C12CCCC2. The highest BCUT2D eigenvalue weighted by Crippen LogP contribution is 2.53. The Hall–Kier alpha value is -0.0800. The zero-order valence-corrected chi connectivity index (χ0v) is 11.1. The molecule has 0 bridgehead atoms. The Kier molecular flexibility index (Phi) is 3.33. The van der Waals surface area contributed by atoms with Crippen LogP contribution in [-0.2, 0) is 4.74 Å². The first kappa shape index (κ1) is 12.4. The summed E-state index contributed by atoms with van der Waals surface area (Å²) in [5.74, 6) is 0. The Labute approximate surface area is 99.9 Å². The van der Waals surface area contributed by atoms with Crippen molar-refractivity contribution in [2.24, 2.45) is 16.6 Å². The van der Waals surface area contributed by atoms with E-state index in [1.807, 2.05) is 0 Å². The van der Waals surface area contributed by atoms with Crippen LogP contribution in [0.3, 0.4) is 0 Å². The van der Waals surface area contributed by atoms with E-state index in [4.69, 9.17) is 10.5 Å². The Morgan fingerprint density at radius 3 is 2.38 bits per heavy atom. The van der Waals surface area contributed by atoms with Crippen LogP contribution >= 0.6 is 0 Å². The second-order valence-corrected chi connectivity index (χ2v) is 6.95. The first-order valence-corrected chi connectivity index (χ1v) is 6.81. The van der Waals surface area contributed by atoms with Gasteiger partial charge in [0.25, 0.3) is 0 Å². The lowest BCUT2D eigenvalue weighted by atomic mass is 9.61. The van der Waals surface area contributed by atoms with Crippen molar-refractivity contribution in [3.05, 3.63) is 0 Å². The van der Waals surface area contributed by atoms with Crippen LogP contribution in [0, 0.1) is 10.8 Å². The van der Waals surface area contributed by atoms with Crippen LogP contribution in [0.25, 0.3) is 0 Å². The molecule has 1 spiro atoms. The van der Waals surface area contributed by atoms with Crippen molar-refractivity contribution in [2.75, 3.05) is 6.61 Å². The molecule has 2 unspecified atom stereocenters. The summed E-state index contributed by atoms with van der Waals surface area (Å²) >= 11 is 0. The van der Waals surface area contributed by atoms with E-state index in [1.54, 1.807) is 0 Å². The van der Waals surface area contributed by atoms with Crippen LogP contribution < -0.4 is 5.73 Å². The van der Waals surface area contributed by atoms with Gasteiger partial charge in [0.05, 0.1) is 6.10 Å². The standard InChI is InChI=1S/C14H27NO/c1-13(2,3)8-9-16-12-10-11(15)14(12)6-4-5-7-14/h11-12H,4-10,15H2,1-3H3. The Bertz CT molecular complexity index is 238. The van der Waals surface area contributed by atoms with Crippen LogP contribution in [0.1, 0.15) is 59.3 Å². The lowest BCUT2D eigenvalue weighted by molar-refractivity contribution is -0.127. The minimum atomic E-state index is 0.373. The van der Waals surface area contributed by atoms with Gasteiger partial charge in [0, 0.05) is 18.1 Å². The minimum Gasteiger partial charge on any atom is -0.377 e. The fourth-order valence-corrected chi connectivity index (χ4v) is 3.25. The third-order valence-electron chi connectivity index (χ3n) is 4.55. The Morgan fingerprint density at radius 1 is 1.25 bits per heavy atom. The molecular weight excluding hydrogens is 198 g/mol. The van der Waals surface area contributed by atoms with E-state index in [0.29, 0.717) is 23.0 Å². The number of rotatable bonds is 3. The van der Waals surface area contributed by atoms with Crippen LogP contribution in [0.4, 0.5) is 0 Å². The third-order valence-corrected chi connectivity index (χ3v) is 4.55. The fraction of sp³-hybridized carbons (Fsp3) is 1.00. The Balaban J connectivity index is 1.79. The molecule has 2 aliphatic rings. The number of hydrogen-bond acceptors (Lipinski definition) is 2. The van der Waals surface area contributed by atoms with Crippen molar-refractivity contribution in [2.45, 2.75) is 71.4 Å². The molecule has 2 heteroatoms. The Morgan fingerprint density at radius 2 is 1.88 bits per heavy atom. The molecule has 16 heavy (non-hydrogen) atoms. The molecule has 2 rings (SSSR count). The summed E-state index contributed by atoms with van der Waals surface area (Å²) < 4.78 is 6.08. The van der Waals surface area contributed by atoms with Crippen molar-refractivity contribution >= 4 is 0 Å². The lowest BCUT2D eigenvalue weighted by Gasteiger charge is -2.52. The first-order chi connectivity index (χ1) is 7.44. The van der Waals surface area contributed by atoms with Gasteiger partial charge in [0.2, 0.25) is 0 Å². The summed E-state index contributed by atoms with van der Waals surface area (Å²) in [6, 6.07) is 0.412. The molecule has 0 heterocycles. The van der Waals surface area contributed by atoms with Gasteiger partial charge in [0.15, 0.2) is 0 Å². The summed E-state index contributed by atoms with van der Waals surface area (Å²) in [6.45, 7) is 7.72. The van der Waals surface area contributed by atoms with Gasteiger partial charge in [-0.2, -0.15) is 0 Å². The van der Waals surface area contributed by atoms with E-state index in [-0.39, 0.29) is 0 Å². The summed E-state index contributed by atoms with van der Waals surface area (Å²) in [5.41, 5.74) is 6.94. The van der Waals surface area contributed by atoms with Crippen molar-refractivity contribution in [3.8, 4) is 0 Å². The van der Waals surface area contributed by atoms with Crippen molar-refractivity contribution in [1.82, 2.24) is 0 Å². The lowest BCUT2D eigenvalue weighted by Crippen LogP contribution is -2.61. The molecule has 2 aliphatic carbocycles.